The standard InChI is InChI=1S/C22H18O6S/c1-3-26-22(23)20-14(2)27-21-17-12-8-7-11-16(17)19(13-18(20)21)28-29(24,25)15-9-5-4-6-10-15/h4-13H,3H2,1-2H3. The Morgan fingerprint density at radius 2 is 1.62 bits per heavy atom. The molecule has 4 aromatic rings. The summed E-state index contributed by atoms with van der Waals surface area (Å²) in [6, 6.07) is 16.5. The summed E-state index contributed by atoms with van der Waals surface area (Å²) in [7, 11) is -4.06. The topological polar surface area (TPSA) is 82.8 Å². The molecule has 0 bridgehead atoms. The molecule has 4 rings (SSSR count). The molecule has 0 spiro atoms. The molecule has 6 nitrogen and oxygen atoms in total. The van der Waals surface area contributed by atoms with Crippen molar-refractivity contribution in [3.05, 3.63) is 72.0 Å². The number of carbonyl (C=O) groups excluding carboxylic acids is 1. The number of hydrogen-bond acceptors (Lipinski definition) is 6. The fraction of sp³-hybridized carbons (Fsp3) is 0.136. The summed E-state index contributed by atoms with van der Waals surface area (Å²) < 4.78 is 42.0. The minimum absolute atomic E-state index is 0.0400. The predicted molar refractivity (Wildman–Crippen MR) is 109 cm³/mol. The van der Waals surface area contributed by atoms with Gasteiger partial charge in [-0.15, -0.1) is 0 Å². The zero-order valence-corrected chi connectivity index (χ0v) is 16.7. The van der Waals surface area contributed by atoms with E-state index in [4.69, 9.17) is 13.3 Å². The van der Waals surface area contributed by atoms with E-state index >= 15 is 0 Å². The summed E-state index contributed by atoms with van der Waals surface area (Å²) in [4.78, 5) is 12.5. The van der Waals surface area contributed by atoms with Crippen LogP contribution in [0.25, 0.3) is 21.7 Å². The molecule has 0 saturated carbocycles. The van der Waals surface area contributed by atoms with Crippen molar-refractivity contribution in [2.45, 2.75) is 18.7 Å². The van der Waals surface area contributed by atoms with Crippen molar-refractivity contribution < 1.29 is 26.5 Å². The number of aryl methyl sites for hydroxylation is 1. The van der Waals surface area contributed by atoms with Crippen molar-refractivity contribution in [2.24, 2.45) is 0 Å². The Morgan fingerprint density at radius 1 is 0.966 bits per heavy atom. The van der Waals surface area contributed by atoms with Gasteiger partial charge in [-0.25, -0.2) is 4.79 Å². The highest BCUT2D eigenvalue weighted by Crippen LogP contribution is 2.39. The van der Waals surface area contributed by atoms with Gasteiger partial charge < -0.3 is 13.3 Å². The number of ether oxygens (including phenoxy) is 1. The molecule has 0 fully saturated rings. The maximum absolute atomic E-state index is 12.8. The van der Waals surface area contributed by atoms with Gasteiger partial charge in [-0.05, 0) is 32.0 Å². The Labute approximate surface area is 167 Å². The minimum atomic E-state index is -4.06. The average Bonchev–Trinajstić information content (AvgIpc) is 3.05. The van der Waals surface area contributed by atoms with Crippen molar-refractivity contribution in [3.63, 3.8) is 0 Å². The Hall–Kier alpha value is -3.32. The molecule has 0 saturated heterocycles. The van der Waals surface area contributed by atoms with Crippen LogP contribution in [-0.4, -0.2) is 21.0 Å². The number of fused-ring (bicyclic) bond motifs is 3. The van der Waals surface area contributed by atoms with E-state index in [1.165, 1.54) is 18.2 Å². The van der Waals surface area contributed by atoms with Crippen LogP contribution < -0.4 is 4.18 Å². The molecule has 7 heteroatoms. The van der Waals surface area contributed by atoms with E-state index in [-0.39, 0.29) is 22.8 Å². The highest BCUT2D eigenvalue weighted by atomic mass is 32.2. The third kappa shape index (κ3) is 3.34. The molecule has 0 aliphatic rings. The quantitative estimate of drug-likeness (QED) is 0.346. The van der Waals surface area contributed by atoms with Gasteiger partial charge in [-0.3, -0.25) is 0 Å². The first-order chi connectivity index (χ1) is 13.9. The number of carbonyl (C=O) groups is 1. The summed E-state index contributed by atoms with van der Waals surface area (Å²) in [6.07, 6.45) is 0. The van der Waals surface area contributed by atoms with Crippen LogP contribution in [0.1, 0.15) is 23.0 Å². The van der Waals surface area contributed by atoms with Gasteiger partial charge in [0, 0.05) is 16.2 Å². The second-order valence-electron chi connectivity index (χ2n) is 6.40. The van der Waals surface area contributed by atoms with Gasteiger partial charge in [0.2, 0.25) is 0 Å². The number of esters is 1. The van der Waals surface area contributed by atoms with E-state index in [1.54, 1.807) is 56.3 Å². The van der Waals surface area contributed by atoms with E-state index in [0.717, 1.165) is 0 Å². The van der Waals surface area contributed by atoms with Gasteiger partial charge in [0.15, 0.2) is 5.75 Å². The van der Waals surface area contributed by atoms with Gasteiger partial charge in [0.05, 0.1) is 6.61 Å². The molecule has 1 aromatic heterocycles. The van der Waals surface area contributed by atoms with Gasteiger partial charge in [0.25, 0.3) is 0 Å². The molecule has 3 aromatic carbocycles. The van der Waals surface area contributed by atoms with Crippen molar-refractivity contribution in [1.29, 1.82) is 0 Å². The third-order valence-electron chi connectivity index (χ3n) is 4.54. The summed E-state index contributed by atoms with van der Waals surface area (Å²) >= 11 is 0. The largest absolute Gasteiger partial charge is 0.462 e. The highest BCUT2D eigenvalue weighted by molar-refractivity contribution is 7.87. The number of hydrogen-bond donors (Lipinski definition) is 0. The molecule has 0 amide bonds. The first kappa shape index (κ1) is 19.0. The highest BCUT2D eigenvalue weighted by Gasteiger charge is 2.25. The number of benzene rings is 3. The van der Waals surface area contributed by atoms with Crippen LogP contribution in [0.15, 0.2) is 70.0 Å². The molecular weight excluding hydrogens is 392 g/mol. The van der Waals surface area contributed by atoms with Crippen LogP contribution in [-0.2, 0) is 14.9 Å². The molecule has 0 aliphatic heterocycles. The van der Waals surface area contributed by atoms with Gasteiger partial charge in [0.1, 0.15) is 21.8 Å². The second kappa shape index (κ2) is 7.25. The summed E-state index contributed by atoms with van der Waals surface area (Å²) in [6.45, 7) is 3.60. The molecule has 0 radical (unpaired) electrons. The van der Waals surface area contributed by atoms with Crippen molar-refractivity contribution in [3.8, 4) is 5.75 Å². The predicted octanol–water partition coefficient (Wildman–Crippen LogP) is 4.84. The van der Waals surface area contributed by atoms with Crippen LogP contribution in [0, 0.1) is 6.92 Å². The zero-order valence-electron chi connectivity index (χ0n) is 15.8. The van der Waals surface area contributed by atoms with Crippen LogP contribution in [0.3, 0.4) is 0 Å². The zero-order chi connectivity index (χ0) is 20.6. The average molecular weight is 410 g/mol. The smallest absolute Gasteiger partial charge is 0.342 e. The molecule has 148 valence electrons. The molecule has 0 atom stereocenters. The monoisotopic (exact) mass is 410 g/mol. The lowest BCUT2D eigenvalue weighted by atomic mass is 10.0. The minimum Gasteiger partial charge on any atom is -0.462 e. The molecule has 0 unspecified atom stereocenters. The normalized spacial score (nSPS) is 11.7. The molecule has 0 aliphatic carbocycles. The fourth-order valence-corrected chi connectivity index (χ4v) is 4.25. The van der Waals surface area contributed by atoms with Crippen LogP contribution in [0.4, 0.5) is 0 Å². The first-order valence-corrected chi connectivity index (χ1v) is 10.4. The third-order valence-corrected chi connectivity index (χ3v) is 5.79. The molecule has 0 N–H and O–H groups in total. The lowest BCUT2D eigenvalue weighted by Gasteiger charge is -2.10. The van der Waals surface area contributed by atoms with Gasteiger partial charge in [-0.2, -0.15) is 8.42 Å². The molecular formula is C22H18O6S. The molecule has 29 heavy (non-hydrogen) atoms. The number of furan rings is 1. The Morgan fingerprint density at radius 3 is 2.31 bits per heavy atom. The second-order valence-corrected chi connectivity index (χ2v) is 7.95. The van der Waals surface area contributed by atoms with Gasteiger partial charge in [-0.1, -0.05) is 42.5 Å². The summed E-state index contributed by atoms with van der Waals surface area (Å²) in [5, 5.41) is 1.64. The first-order valence-electron chi connectivity index (χ1n) is 9.04. The maximum atomic E-state index is 12.8. The van der Waals surface area contributed by atoms with Crippen molar-refractivity contribution >= 4 is 37.8 Å². The van der Waals surface area contributed by atoms with E-state index in [9.17, 15) is 13.2 Å². The van der Waals surface area contributed by atoms with Crippen molar-refractivity contribution in [2.75, 3.05) is 6.61 Å². The maximum Gasteiger partial charge on any atom is 0.342 e. The van der Waals surface area contributed by atoms with Gasteiger partial charge >= 0.3 is 16.1 Å². The Kier molecular flexibility index (Phi) is 4.76. The van der Waals surface area contributed by atoms with E-state index in [1.807, 2.05) is 0 Å². The summed E-state index contributed by atoms with van der Waals surface area (Å²) in [5.74, 6) is -0.0223. The Bertz CT molecular complexity index is 1320. The SMILES string of the molecule is CCOC(=O)c1c(C)oc2c1cc(OS(=O)(=O)c1ccccc1)c1ccccc12. The van der Waals surface area contributed by atoms with Crippen LogP contribution in [0.5, 0.6) is 5.75 Å². The van der Waals surface area contributed by atoms with Crippen LogP contribution in [0.2, 0.25) is 0 Å². The Balaban J connectivity index is 1.96. The van der Waals surface area contributed by atoms with Crippen molar-refractivity contribution in [1.82, 2.24) is 0 Å². The fourth-order valence-electron chi connectivity index (χ4n) is 3.28. The lowest BCUT2D eigenvalue weighted by molar-refractivity contribution is 0.0526. The van der Waals surface area contributed by atoms with E-state index < -0.39 is 16.1 Å². The molecule has 1 heterocycles. The van der Waals surface area contributed by atoms with E-state index in [0.29, 0.717) is 27.5 Å². The number of rotatable bonds is 5. The summed E-state index contributed by atoms with van der Waals surface area (Å²) in [5.41, 5.74) is 0.736. The van der Waals surface area contributed by atoms with Crippen LogP contribution >= 0.6 is 0 Å². The lowest BCUT2D eigenvalue weighted by Crippen LogP contribution is -2.10. The van der Waals surface area contributed by atoms with E-state index in [2.05, 4.69) is 0 Å².